The van der Waals surface area contributed by atoms with E-state index < -0.39 is 0 Å². The minimum atomic E-state index is 0. The van der Waals surface area contributed by atoms with Crippen molar-refractivity contribution in [3.8, 4) is 0 Å². The first kappa shape index (κ1) is 15.8. The lowest BCUT2D eigenvalue weighted by molar-refractivity contribution is 0.0388. The summed E-state index contributed by atoms with van der Waals surface area (Å²) < 4.78 is 5.43. The summed E-state index contributed by atoms with van der Waals surface area (Å²) in [6.45, 7) is 2.37. The van der Waals surface area contributed by atoms with Crippen molar-refractivity contribution in [3.05, 3.63) is 29.8 Å². The lowest BCUT2D eigenvalue weighted by Gasteiger charge is -2.27. The van der Waals surface area contributed by atoms with Gasteiger partial charge in [-0.2, -0.15) is 0 Å². The van der Waals surface area contributed by atoms with Crippen molar-refractivity contribution in [1.29, 1.82) is 0 Å². The van der Waals surface area contributed by atoms with Crippen LogP contribution in [-0.4, -0.2) is 37.6 Å². The van der Waals surface area contributed by atoms with E-state index in [1.807, 2.05) is 7.05 Å². The first-order chi connectivity index (χ1) is 8.66. The van der Waals surface area contributed by atoms with Crippen molar-refractivity contribution in [3.63, 3.8) is 0 Å². The van der Waals surface area contributed by atoms with E-state index in [4.69, 9.17) is 10.5 Å². The second-order valence-electron chi connectivity index (χ2n) is 4.89. The molecule has 1 atom stereocenters. The topological polar surface area (TPSA) is 55.6 Å². The lowest BCUT2D eigenvalue weighted by Crippen LogP contribution is -2.35. The molecule has 106 valence electrons. The molecule has 1 unspecified atom stereocenters. The highest BCUT2D eigenvalue weighted by Gasteiger charge is 2.19. The molecular weight excluding hydrogens is 264 g/mol. The Balaban J connectivity index is 0.00000180. The number of nitrogen functional groups attached to an aromatic ring is 1. The number of ether oxygens (including phenoxy) is 1. The number of benzene rings is 1. The Kier molecular flexibility index (Phi) is 6.12. The van der Waals surface area contributed by atoms with E-state index >= 15 is 0 Å². The van der Waals surface area contributed by atoms with E-state index in [-0.39, 0.29) is 18.3 Å². The summed E-state index contributed by atoms with van der Waals surface area (Å²) in [5.74, 6) is 0.502. The fourth-order valence-corrected chi connectivity index (χ4v) is 2.27. The summed E-state index contributed by atoms with van der Waals surface area (Å²) in [7, 11) is 1.84. The molecule has 5 heteroatoms. The van der Waals surface area contributed by atoms with Gasteiger partial charge >= 0.3 is 0 Å². The average molecular weight is 285 g/mol. The van der Waals surface area contributed by atoms with Crippen molar-refractivity contribution in [2.75, 3.05) is 32.5 Å². The van der Waals surface area contributed by atoms with E-state index in [9.17, 15) is 4.79 Å². The van der Waals surface area contributed by atoms with Gasteiger partial charge in [0.1, 0.15) is 0 Å². The van der Waals surface area contributed by atoms with Crippen LogP contribution < -0.4 is 5.73 Å². The first-order valence-corrected chi connectivity index (χ1v) is 6.35. The molecule has 1 aromatic carbocycles. The van der Waals surface area contributed by atoms with E-state index in [0.717, 1.165) is 32.6 Å². The van der Waals surface area contributed by atoms with Gasteiger partial charge in [-0.25, -0.2) is 0 Å². The fourth-order valence-electron chi connectivity index (χ4n) is 2.27. The van der Waals surface area contributed by atoms with Crippen molar-refractivity contribution in [1.82, 2.24) is 4.90 Å². The number of carbonyl (C=O) groups is 1. The van der Waals surface area contributed by atoms with E-state index in [1.165, 1.54) is 0 Å². The van der Waals surface area contributed by atoms with Crippen LogP contribution in [-0.2, 0) is 4.74 Å². The number of rotatable bonds is 3. The Morgan fingerprint density at radius 1 is 1.42 bits per heavy atom. The van der Waals surface area contributed by atoms with Gasteiger partial charge in [-0.15, -0.1) is 12.4 Å². The molecule has 1 saturated heterocycles. The van der Waals surface area contributed by atoms with Crippen LogP contribution >= 0.6 is 12.4 Å². The van der Waals surface area contributed by atoms with Gasteiger partial charge in [0.15, 0.2) is 0 Å². The summed E-state index contributed by atoms with van der Waals surface area (Å²) in [5, 5.41) is 0. The van der Waals surface area contributed by atoms with Crippen molar-refractivity contribution in [2.45, 2.75) is 12.8 Å². The van der Waals surface area contributed by atoms with Gasteiger partial charge in [0.2, 0.25) is 0 Å². The fraction of sp³-hybridized carbons (Fsp3) is 0.500. The standard InChI is InChI=1S/C14H20N2O2.ClH/c1-16(9-11-3-2-8-18-10-11)14(17)12-4-6-13(15)7-5-12;/h4-7,11H,2-3,8-10,15H2,1H3;1H. The smallest absolute Gasteiger partial charge is 0.253 e. The summed E-state index contributed by atoms with van der Waals surface area (Å²) in [5.41, 5.74) is 6.97. The molecule has 4 nitrogen and oxygen atoms in total. The molecule has 19 heavy (non-hydrogen) atoms. The Morgan fingerprint density at radius 3 is 2.68 bits per heavy atom. The van der Waals surface area contributed by atoms with Gasteiger partial charge < -0.3 is 15.4 Å². The quantitative estimate of drug-likeness (QED) is 0.866. The van der Waals surface area contributed by atoms with E-state index in [0.29, 0.717) is 17.2 Å². The minimum absolute atomic E-state index is 0. The molecule has 2 N–H and O–H groups in total. The summed E-state index contributed by atoms with van der Waals surface area (Å²) in [6, 6.07) is 7.05. The van der Waals surface area contributed by atoms with Crippen molar-refractivity contribution >= 4 is 24.0 Å². The Bertz CT molecular complexity index is 402. The van der Waals surface area contributed by atoms with Gasteiger partial charge in [0, 0.05) is 31.5 Å². The normalized spacial score (nSPS) is 18.5. The van der Waals surface area contributed by atoms with Crippen LogP contribution in [0.4, 0.5) is 5.69 Å². The van der Waals surface area contributed by atoms with Crippen LogP contribution in [0.2, 0.25) is 0 Å². The van der Waals surface area contributed by atoms with Crippen molar-refractivity contribution < 1.29 is 9.53 Å². The third-order valence-corrected chi connectivity index (χ3v) is 3.29. The van der Waals surface area contributed by atoms with Crippen LogP contribution in [0, 0.1) is 5.92 Å². The van der Waals surface area contributed by atoms with Crippen LogP contribution in [0.15, 0.2) is 24.3 Å². The third kappa shape index (κ3) is 4.40. The molecule has 0 spiro atoms. The zero-order valence-electron chi connectivity index (χ0n) is 11.2. The summed E-state index contributed by atoms with van der Waals surface area (Å²) in [4.78, 5) is 13.9. The Labute approximate surface area is 120 Å². The average Bonchev–Trinajstić information content (AvgIpc) is 2.40. The second-order valence-corrected chi connectivity index (χ2v) is 4.89. The zero-order valence-corrected chi connectivity index (χ0v) is 12.0. The summed E-state index contributed by atoms with van der Waals surface area (Å²) >= 11 is 0. The maximum Gasteiger partial charge on any atom is 0.253 e. The number of nitrogens with two attached hydrogens (primary N) is 1. The molecule has 0 aromatic heterocycles. The van der Waals surface area contributed by atoms with E-state index in [2.05, 4.69) is 0 Å². The molecule has 2 rings (SSSR count). The largest absolute Gasteiger partial charge is 0.399 e. The monoisotopic (exact) mass is 284 g/mol. The minimum Gasteiger partial charge on any atom is -0.399 e. The maximum atomic E-state index is 12.2. The number of amides is 1. The van der Waals surface area contributed by atoms with Gasteiger partial charge in [-0.1, -0.05) is 0 Å². The predicted octanol–water partition coefficient (Wildman–Crippen LogP) is 2.19. The second kappa shape index (κ2) is 7.36. The molecule has 1 heterocycles. The van der Waals surface area contributed by atoms with Gasteiger partial charge in [-0.3, -0.25) is 4.79 Å². The summed E-state index contributed by atoms with van der Waals surface area (Å²) in [6.07, 6.45) is 2.23. The Hall–Kier alpha value is -1.26. The number of nitrogens with zero attached hydrogens (tertiary/aromatic N) is 1. The first-order valence-electron chi connectivity index (χ1n) is 6.35. The third-order valence-electron chi connectivity index (χ3n) is 3.29. The number of hydrogen-bond acceptors (Lipinski definition) is 3. The number of halogens is 1. The highest BCUT2D eigenvalue weighted by atomic mass is 35.5. The molecule has 1 aliphatic rings. The molecular formula is C14H21ClN2O2. The zero-order chi connectivity index (χ0) is 13.0. The number of hydrogen-bond donors (Lipinski definition) is 1. The van der Waals surface area contributed by atoms with Gasteiger partial charge in [-0.05, 0) is 43.0 Å². The van der Waals surface area contributed by atoms with Crippen molar-refractivity contribution in [2.24, 2.45) is 5.92 Å². The van der Waals surface area contributed by atoms with Gasteiger partial charge in [0.05, 0.1) is 6.61 Å². The highest BCUT2D eigenvalue weighted by molar-refractivity contribution is 5.94. The molecule has 1 aliphatic heterocycles. The molecule has 1 fully saturated rings. The highest BCUT2D eigenvalue weighted by Crippen LogP contribution is 2.16. The number of anilines is 1. The Morgan fingerprint density at radius 2 is 2.11 bits per heavy atom. The van der Waals surface area contributed by atoms with Crippen LogP contribution in [0.5, 0.6) is 0 Å². The lowest BCUT2D eigenvalue weighted by atomic mass is 10.0. The maximum absolute atomic E-state index is 12.2. The molecule has 0 radical (unpaired) electrons. The predicted molar refractivity (Wildman–Crippen MR) is 78.6 cm³/mol. The van der Waals surface area contributed by atoms with E-state index in [1.54, 1.807) is 29.2 Å². The molecule has 1 amide bonds. The molecule has 0 aliphatic carbocycles. The number of carbonyl (C=O) groups excluding carboxylic acids is 1. The van der Waals surface area contributed by atoms with Gasteiger partial charge in [0.25, 0.3) is 5.91 Å². The molecule has 0 saturated carbocycles. The van der Waals surface area contributed by atoms with Crippen LogP contribution in [0.3, 0.4) is 0 Å². The van der Waals surface area contributed by atoms with Crippen LogP contribution in [0.25, 0.3) is 0 Å². The molecule has 1 aromatic rings. The molecule has 0 bridgehead atoms. The SMILES string of the molecule is CN(CC1CCCOC1)C(=O)c1ccc(N)cc1.Cl. The van der Waals surface area contributed by atoms with Crippen LogP contribution in [0.1, 0.15) is 23.2 Å².